The maximum absolute atomic E-state index is 13.1. The molecule has 0 bridgehead atoms. The fourth-order valence-corrected chi connectivity index (χ4v) is 4.83. The zero-order valence-corrected chi connectivity index (χ0v) is 16.1. The van der Waals surface area contributed by atoms with E-state index in [0.717, 1.165) is 0 Å². The molecule has 9 nitrogen and oxygen atoms in total. The highest BCUT2D eigenvalue weighted by Gasteiger charge is 2.28. The topological polar surface area (TPSA) is 115 Å². The third kappa shape index (κ3) is 3.65. The molecule has 0 unspecified atom stereocenters. The lowest BCUT2D eigenvalue weighted by atomic mass is 10.1. The van der Waals surface area contributed by atoms with Crippen molar-refractivity contribution >= 4 is 16.0 Å². The van der Waals surface area contributed by atoms with Crippen LogP contribution in [-0.2, 0) is 14.8 Å². The summed E-state index contributed by atoms with van der Waals surface area (Å²) in [5.41, 5.74) is 1.71. The van der Waals surface area contributed by atoms with E-state index in [0.29, 0.717) is 43.1 Å². The monoisotopic (exact) mass is 414 g/mol. The number of carboxylic acids is 1. The number of benzene rings is 2. The van der Waals surface area contributed by atoms with Gasteiger partial charge >= 0.3 is 5.97 Å². The van der Waals surface area contributed by atoms with Crippen LogP contribution < -0.4 is 0 Å². The van der Waals surface area contributed by atoms with Crippen molar-refractivity contribution in [3.8, 4) is 16.8 Å². The lowest BCUT2D eigenvalue weighted by Gasteiger charge is -2.27. The summed E-state index contributed by atoms with van der Waals surface area (Å²) >= 11 is 0. The number of hydrogen-bond acceptors (Lipinski definition) is 6. The zero-order chi connectivity index (χ0) is 20.4. The molecule has 4 rings (SSSR count). The molecule has 1 fully saturated rings. The van der Waals surface area contributed by atoms with Crippen molar-refractivity contribution in [1.82, 2.24) is 19.3 Å². The van der Waals surface area contributed by atoms with Gasteiger partial charge in [0.05, 0.1) is 30.0 Å². The van der Waals surface area contributed by atoms with Crippen molar-refractivity contribution in [1.29, 1.82) is 0 Å². The van der Waals surface area contributed by atoms with Gasteiger partial charge in [-0.1, -0.05) is 35.5 Å². The number of aromatic nitrogens is 3. The van der Waals surface area contributed by atoms with E-state index >= 15 is 0 Å². The van der Waals surface area contributed by atoms with Gasteiger partial charge in [-0.25, -0.2) is 17.9 Å². The van der Waals surface area contributed by atoms with Gasteiger partial charge in [-0.15, -0.1) is 5.10 Å². The van der Waals surface area contributed by atoms with Crippen molar-refractivity contribution in [2.45, 2.75) is 4.90 Å². The number of carbonyl (C=O) groups is 1. The van der Waals surface area contributed by atoms with E-state index in [1.807, 2.05) is 0 Å². The van der Waals surface area contributed by atoms with Crippen molar-refractivity contribution in [2.24, 2.45) is 0 Å². The lowest BCUT2D eigenvalue weighted by molar-refractivity contribution is 0.0687. The molecule has 0 amide bonds. The van der Waals surface area contributed by atoms with E-state index in [4.69, 9.17) is 4.74 Å². The fraction of sp³-hybridized carbons (Fsp3) is 0.211. The largest absolute Gasteiger partial charge is 0.476 e. The smallest absolute Gasteiger partial charge is 0.356 e. The normalized spacial score (nSPS) is 15.3. The Balaban J connectivity index is 1.71. The molecule has 1 saturated heterocycles. The van der Waals surface area contributed by atoms with Crippen LogP contribution in [0.1, 0.15) is 10.5 Å². The first kappa shape index (κ1) is 19.2. The van der Waals surface area contributed by atoms with E-state index in [9.17, 15) is 18.3 Å². The fourth-order valence-electron chi connectivity index (χ4n) is 3.21. The molecule has 1 aliphatic heterocycles. The second-order valence-electron chi connectivity index (χ2n) is 6.40. The van der Waals surface area contributed by atoms with Crippen LogP contribution in [0.3, 0.4) is 0 Å². The van der Waals surface area contributed by atoms with Gasteiger partial charge in [0, 0.05) is 18.7 Å². The molecule has 2 heterocycles. The summed E-state index contributed by atoms with van der Waals surface area (Å²) in [7, 11) is -3.66. The average molecular weight is 414 g/mol. The zero-order valence-electron chi connectivity index (χ0n) is 15.3. The summed E-state index contributed by atoms with van der Waals surface area (Å²) in [6.07, 6.45) is 1.17. The summed E-state index contributed by atoms with van der Waals surface area (Å²) in [5.74, 6) is -1.14. The van der Waals surface area contributed by atoms with Crippen LogP contribution in [0, 0.1) is 0 Å². The number of rotatable bonds is 5. The Morgan fingerprint density at radius 3 is 2.41 bits per heavy atom. The number of carboxylic acid groups (broad SMARTS) is 1. The molecule has 29 heavy (non-hydrogen) atoms. The average Bonchev–Trinajstić information content (AvgIpc) is 3.25. The predicted molar refractivity (Wildman–Crippen MR) is 103 cm³/mol. The van der Waals surface area contributed by atoms with Gasteiger partial charge in [0.2, 0.25) is 10.0 Å². The number of hydrogen-bond donors (Lipinski definition) is 1. The van der Waals surface area contributed by atoms with E-state index in [-0.39, 0.29) is 10.6 Å². The lowest BCUT2D eigenvalue weighted by Crippen LogP contribution is -2.40. The Bertz CT molecular complexity index is 1140. The van der Waals surface area contributed by atoms with E-state index in [1.54, 1.807) is 48.5 Å². The summed E-state index contributed by atoms with van der Waals surface area (Å²) in [4.78, 5) is 11.5. The third-order valence-corrected chi connectivity index (χ3v) is 6.62. The molecule has 0 spiro atoms. The number of aromatic carboxylic acids is 1. The Hall–Kier alpha value is -3.08. The molecule has 1 aliphatic rings. The maximum Gasteiger partial charge on any atom is 0.356 e. The summed E-state index contributed by atoms with van der Waals surface area (Å²) in [6, 6.07) is 13.6. The van der Waals surface area contributed by atoms with Gasteiger partial charge < -0.3 is 9.84 Å². The Kier molecular flexibility index (Phi) is 5.14. The molecular formula is C19H18N4O5S. The molecule has 0 aliphatic carbocycles. The quantitative estimate of drug-likeness (QED) is 0.675. The molecular weight excluding hydrogens is 396 g/mol. The Morgan fingerprint density at radius 2 is 1.72 bits per heavy atom. The van der Waals surface area contributed by atoms with Crippen LogP contribution in [-0.4, -0.2) is 65.1 Å². The SMILES string of the molecule is O=C(O)c1cnnn1-c1ccc(-c2ccccc2S(=O)(=O)N2CCOCC2)cc1. The van der Waals surface area contributed by atoms with Gasteiger partial charge in [0.25, 0.3) is 0 Å². The second-order valence-corrected chi connectivity index (χ2v) is 8.30. The highest BCUT2D eigenvalue weighted by Crippen LogP contribution is 2.30. The van der Waals surface area contributed by atoms with E-state index in [1.165, 1.54) is 15.2 Å². The summed E-state index contributed by atoms with van der Waals surface area (Å²) in [5, 5.41) is 16.7. The number of sulfonamides is 1. The van der Waals surface area contributed by atoms with Gasteiger partial charge in [-0.05, 0) is 23.8 Å². The van der Waals surface area contributed by atoms with Gasteiger partial charge in [-0.2, -0.15) is 4.31 Å². The molecule has 0 atom stereocenters. The first-order valence-electron chi connectivity index (χ1n) is 8.90. The molecule has 10 heteroatoms. The first-order valence-corrected chi connectivity index (χ1v) is 10.3. The molecule has 150 valence electrons. The standard InChI is InChI=1S/C19H18N4O5S/c24-19(25)17-13-20-21-23(17)15-7-5-14(6-8-15)16-3-1-2-4-18(16)29(26,27)22-9-11-28-12-10-22/h1-8,13H,9-12H2,(H,24,25). The number of ether oxygens (including phenoxy) is 1. The van der Waals surface area contributed by atoms with Crippen molar-refractivity contribution in [3.63, 3.8) is 0 Å². The minimum Gasteiger partial charge on any atom is -0.476 e. The molecule has 0 saturated carbocycles. The van der Waals surface area contributed by atoms with Crippen LogP contribution in [0.5, 0.6) is 0 Å². The highest BCUT2D eigenvalue weighted by atomic mass is 32.2. The summed E-state index contributed by atoms with van der Waals surface area (Å²) in [6.45, 7) is 1.39. The van der Waals surface area contributed by atoms with Crippen molar-refractivity contribution in [3.05, 3.63) is 60.4 Å². The number of nitrogens with zero attached hydrogens (tertiary/aromatic N) is 4. The van der Waals surface area contributed by atoms with Crippen LogP contribution in [0.2, 0.25) is 0 Å². The highest BCUT2D eigenvalue weighted by molar-refractivity contribution is 7.89. The molecule has 1 N–H and O–H groups in total. The van der Waals surface area contributed by atoms with Crippen LogP contribution >= 0.6 is 0 Å². The van der Waals surface area contributed by atoms with Crippen LogP contribution in [0.15, 0.2) is 59.6 Å². The van der Waals surface area contributed by atoms with Gasteiger partial charge in [-0.3, -0.25) is 0 Å². The maximum atomic E-state index is 13.1. The van der Waals surface area contributed by atoms with Crippen LogP contribution in [0.4, 0.5) is 0 Å². The molecule has 0 radical (unpaired) electrons. The van der Waals surface area contributed by atoms with E-state index < -0.39 is 16.0 Å². The first-order chi connectivity index (χ1) is 14.0. The Morgan fingerprint density at radius 1 is 1.03 bits per heavy atom. The summed E-state index contributed by atoms with van der Waals surface area (Å²) < 4.78 is 34.2. The third-order valence-electron chi connectivity index (χ3n) is 4.67. The van der Waals surface area contributed by atoms with Gasteiger partial charge in [0.15, 0.2) is 5.69 Å². The minimum atomic E-state index is -3.66. The molecule has 1 aromatic heterocycles. The van der Waals surface area contributed by atoms with Crippen molar-refractivity contribution < 1.29 is 23.1 Å². The number of morpholine rings is 1. The predicted octanol–water partition coefficient (Wildman–Crippen LogP) is 1.65. The van der Waals surface area contributed by atoms with E-state index in [2.05, 4.69) is 10.3 Å². The molecule has 3 aromatic rings. The van der Waals surface area contributed by atoms with Crippen molar-refractivity contribution in [2.75, 3.05) is 26.3 Å². The van der Waals surface area contributed by atoms with Crippen LogP contribution in [0.25, 0.3) is 16.8 Å². The second kappa shape index (κ2) is 7.74. The van der Waals surface area contributed by atoms with Gasteiger partial charge in [0.1, 0.15) is 0 Å². The molecule has 2 aromatic carbocycles. The minimum absolute atomic E-state index is 0.0620. The Labute approximate surface area is 167 Å².